The number of nitrogens with one attached hydrogen (secondary N) is 1. The van der Waals surface area contributed by atoms with E-state index in [0.717, 1.165) is 44.8 Å². The lowest BCUT2D eigenvalue weighted by atomic mass is 10.0. The molecular formula is C21H26N4O2. The van der Waals surface area contributed by atoms with Crippen LogP contribution in [0.4, 0.5) is 4.79 Å². The van der Waals surface area contributed by atoms with Crippen LogP contribution in [-0.2, 0) is 17.7 Å². The lowest BCUT2D eigenvalue weighted by molar-refractivity contribution is 0.0164. The maximum atomic E-state index is 12.8. The molecule has 3 heterocycles. The van der Waals surface area contributed by atoms with Crippen LogP contribution in [-0.4, -0.2) is 60.2 Å². The second-order valence-corrected chi connectivity index (χ2v) is 7.08. The van der Waals surface area contributed by atoms with E-state index < -0.39 is 0 Å². The van der Waals surface area contributed by atoms with Crippen molar-refractivity contribution in [2.24, 2.45) is 0 Å². The highest BCUT2D eigenvalue weighted by atomic mass is 16.5. The van der Waals surface area contributed by atoms with Gasteiger partial charge in [0.1, 0.15) is 0 Å². The van der Waals surface area contributed by atoms with Crippen LogP contribution in [0.1, 0.15) is 22.7 Å². The average molecular weight is 366 g/mol. The van der Waals surface area contributed by atoms with Crippen LogP contribution in [0, 0.1) is 0 Å². The Morgan fingerprint density at radius 1 is 1.11 bits per heavy atom. The zero-order valence-corrected chi connectivity index (χ0v) is 15.5. The van der Waals surface area contributed by atoms with E-state index in [-0.39, 0.29) is 12.1 Å². The molecule has 1 N–H and O–H groups in total. The number of rotatable bonds is 4. The number of pyridine rings is 1. The summed E-state index contributed by atoms with van der Waals surface area (Å²) >= 11 is 0. The van der Waals surface area contributed by atoms with E-state index in [1.54, 1.807) is 6.20 Å². The molecule has 0 radical (unpaired) electrons. The van der Waals surface area contributed by atoms with E-state index in [1.807, 2.05) is 23.2 Å². The summed E-state index contributed by atoms with van der Waals surface area (Å²) in [5.74, 6) is 0. The monoisotopic (exact) mass is 366 g/mol. The van der Waals surface area contributed by atoms with Crippen LogP contribution >= 0.6 is 0 Å². The number of nitrogens with zero attached hydrogens (tertiary/aromatic N) is 3. The third-order valence-corrected chi connectivity index (χ3v) is 5.42. The van der Waals surface area contributed by atoms with Crippen molar-refractivity contribution in [1.29, 1.82) is 0 Å². The van der Waals surface area contributed by atoms with Gasteiger partial charge in [0.2, 0.25) is 0 Å². The topological polar surface area (TPSA) is 57.7 Å². The molecule has 27 heavy (non-hydrogen) atoms. The summed E-state index contributed by atoms with van der Waals surface area (Å²) in [7, 11) is 0. The van der Waals surface area contributed by atoms with Crippen LogP contribution < -0.4 is 5.32 Å². The van der Waals surface area contributed by atoms with Gasteiger partial charge in [0.25, 0.3) is 0 Å². The largest absolute Gasteiger partial charge is 0.379 e. The number of aromatic nitrogens is 1. The smallest absolute Gasteiger partial charge is 0.317 e. The standard InChI is InChI=1S/C21H26N4O2/c26-21(25-9-7-17-4-1-2-5-19(17)16-25)23-15-20(18-6-3-8-22-14-18)24-10-12-27-13-11-24/h1-6,8,14,20H,7,9-13,15-16H2,(H,23,26). The number of morpholine rings is 1. The van der Waals surface area contributed by atoms with Crippen molar-refractivity contribution in [3.8, 4) is 0 Å². The number of fused-ring (bicyclic) bond motifs is 1. The molecule has 0 bridgehead atoms. The molecule has 1 fully saturated rings. The second kappa shape index (κ2) is 8.50. The predicted octanol–water partition coefficient (Wildman–Crippen LogP) is 2.22. The summed E-state index contributed by atoms with van der Waals surface area (Å²) in [6.45, 7) is 5.21. The first-order valence-corrected chi connectivity index (χ1v) is 9.62. The first kappa shape index (κ1) is 17.9. The molecule has 0 saturated carbocycles. The fraction of sp³-hybridized carbons (Fsp3) is 0.429. The Kier molecular flexibility index (Phi) is 5.65. The summed E-state index contributed by atoms with van der Waals surface area (Å²) in [6, 6.07) is 12.5. The number of benzene rings is 1. The number of carbonyl (C=O) groups excluding carboxylic acids is 1. The van der Waals surface area contributed by atoms with Gasteiger partial charge in [-0.1, -0.05) is 30.3 Å². The van der Waals surface area contributed by atoms with E-state index in [1.165, 1.54) is 11.1 Å². The number of amides is 2. The molecule has 1 unspecified atom stereocenters. The minimum atomic E-state index is 0.00616. The van der Waals surface area contributed by atoms with Gasteiger partial charge in [-0.25, -0.2) is 4.79 Å². The minimum Gasteiger partial charge on any atom is -0.379 e. The third kappa shape index (κ3) is 4.28. The molecule has 142 valence electrons. The molecule has 2 aromatic rings. The fourth-order valence-electron chi connectivity index (χ4n) is 3.88. The van der Waals surface area contributed by atoms with E-state index in [0.29, 0.717) is 13.1 Å². The summed E-state index contributed by atoms with van der Waals surface area (Å²) in [6.07, 6.45) is 4.59. The molecule has 1 saturated heterocycles. The predicted molar refractivity (Wildman–Crippen MR) is 103 cm³/mol. The van der Waals surface area contributed by atoms with Gasteiger partial charge in [0, 0.05) is 45.1 Å². The van der Waals surface area contributed by atoms with Gasteiger partial charge in [-0.15, -0.1) is 0 Å². The van der Waals surface area contributed by atoms with Crippen LogP contribution in [0.2, 0.25) is 0 Å². The molecule has 1 atom stereocenters. The number of carbonyl (C=O) groups is 1. The van der Waals surface area contributed by atoms with E-state index >= 15 is 0 Å². The molecule has 6 nitrogen and oxygen atoms in total. The van der Waals surface area contributed by atoms with Crippen molar-refractivity contribution < 1.29 is 9.53 Å². The molecule has 0 aliphatic carbocycles. The summed E-state index contributed by atoms with van der Waals surface area (Å²) in [4.78, 5) is 21.3. The summed E-state index contributed by atoms with van der Waals surface area (Å²) in [5, 5.41) is 3.16. The Balaban J connectivity index is 1.41. The zero-order valence-electron chi connectivity index (χ0n) is 15.5. The first-order valence-electron chi connectivity index (χ1n) is 9.62. The number of urea groups is 1. The molecule has 6 heteroatoms. The van der Waals surface area contributed by atoms with Gasteiger partial charge in [-0.2, -0.15) is 0 Å². The molecule has 1 aromatic carbocycles. The SMILES string of the molecule is O=C(NCC(c1cccnc1)N1CCOCC1)N1CCc2ccccc2C1. The van der Waals surface area contributed by atoms with Gasteiger partial charge in [0.15, 0.2) is 0 Å². The van der Waals surface area contributed by atoms with E-state index in [9.17, 15) is 4.79 Å². The molecule has 2 aliphatic heterocycles. The molecule has 1 aromatic heterocycles. The van der Waals surface area contributed by atoms with E-state index in [2.05, 4.69) is 39.5 Å². The highest BCUT2D eigenvalue weighted by molar-refractivity contribution is 5.74. The lowest BCUT2D eigenvalue weighted by Crippen LogP contribution is -2.47. The third-order valence-electron chi connectivity index (χ3n) is 5.42. The maximum Gasteiger partial charge on any atom is 0.317 e. The normalized spacial score (nSPS) is 18.6. The number of hydrogen-bond donors (Lipinski definition) is 1. The van der Waals surface area contributed by atoms with Crippen molar-refractivity contribution in [2.75, 3.05) is 39.4 Å². The highest BCUT2D eigenvalue weighted by Crippen LogP contribution is 2.21. The number of hydrogen-bond acceptors (Lipinski definition) is 4. The van der Waals surface area contributed by atoms with E-state index in [4.69, 9.17) is 4.74 Å². The van der Waals surface area contributed by atoms with Crippen molar-refractivity contribution in [2.45, 2.75) is 19.0 Å². The molecular weight excluding hydrogens is 340 g/mol. The Morgan fingerprint density at radius 3 is 2.70 bits per heavy atom. The van der Waals surface area contributed by atoms with Gasteiger partial charge in [-0.05, 0) is 29.2 Å². The Labute approximate surface area is 160 Å². The fourth-order valence-corrected chi connectivity index (χ4v) is 3.88. The molecule has 2 aliphatic rings. The summed E-state index contributed by atoms with van der Waals surface area (Å²) < 4.78 is 5.49. The van der Waals surface area contributed by atoms with Crippen molar-refractivity contribution in [1.82, 2.24) is 20.1 Å². The first-order chi connectivity index (χ1) is 13.3. The molecule has 0 spiro atoms. The van der Waals surface area contributed by atoms with Crippen LogP contribution in [0.3, 0.4) is 0 Å². The molecule has 2 amide bonds. The quantitative estimate of drug-likeness (QED) is 0.902. The van der Waals surface area contributed by atoms with Gasteiger partial charge in [0.05, 0.1) is 19.3 Å². The lowest BCUT2D eigenvalue weighted by Gasteiger charge is -2.35. The van der Waals surface area contributed by atoms with Crippen LogP contribution in [0.25, 0.3) is 0 Å². The van der Waals surface area contributed by atoms with Gasteiger partial charge < -0.3 is 15.0 Å². The van der Waals surface area contributed by atoms with Crippen molar-refractivity contribution >= 4 is 6.03 Å². The molecule has 4 rings (SSSR count). The second-order valence-electron chi connectivity index (χ2n) is 7.08. The maximum absolute atomic E-state index is 12.8. The van der Waals surface area contributed by atoms with Gasteiger partial charge >= 0.3 is 6.03 Å². The van der Waals surface area contributed by atoms with Crippen LogP contribution in [0.5, 0.6) is 0 Å². The average Bonchev–Trinajstić information content (AvgIpc) is 2.75. The van der Waals surface area contributed by atoms with Crippen LogP contribution in [0.15, 0.2) is 48.8 Å². The summed E-state index contributed by atoms with van der Waals surface area (Å²) in [5.41, 5.74) is 3.72. The Bertz CT molecular complexity index is 762. The number of ether oxygens (including phenoxy) is 1. The Hall–Kier alpha value is -2.44. The Morgan fingerprint density at radius 2 is 1.93 bits per heavy atom. The van der Waals surface area contributed by atoms with Gasteiger partial charge in [-0.3, -0.25) is 9.88 Å². The highest BCUT2D eigenvalue weighted by Gasteiger charge is 2.25. The van der Waals surface area contributed by atoms with Crippen molar-refractivity contribution in [3.05, 3.63) is 65.5 Å². The zero-order chi connectivity index (χ0) is 18.5. The van der Waals surface area contributed by atoms with Crippen molar-refractivity contribution in [3.63, 3.8) is 0 Å². The minimum absolute atomic E-state index is 0.00616.